The molecule has 0 aliphatic carbocycles. The number of benzene rings is 2. The van der Waals surface area contributed by atoms with Crippen molar-refractivity contribution in [3.05, 3.63) is 33.8 Å². The molecule has 174 valence electrons. The molecule has 11 heteroatoms. The Hall–Kier alpha value is -3.53. The number of nitrogens with two attached hydrogens (primary N) is 1. The number of nitrogen functional groups attached to an aromatic ring is 1. The van der Waals surface area contributed by atoms with E-state index in [1.807, 2.05) is 0 Å². The molecular formula is C21H24ClNO9. The smallest absolute Gasteiger partial charge is 0.342 e. The van der Waals surface area contributed by atoms with Gasteiger partial charge in [-0.3, -0.25) is 4.79 Å². The van der Waals surface area contributed by atoms with Crippen LogP contribution < -0.4 is 19.9 Å². The van der Waals surface area contributed by atoms with Gasteiger partial charge < -0.3 is 40.0 Å². The SMILES string of the molecule is COc1cc(N)c(OC)c(CCOC(=O)c2c(O)cc(O)c(Cl)c2CCC(=O)O)c1OC. The molecule has 0 bridgehead atoms. The zero-order valence-corrected chi connectivity index (χ0v) is 18.5. The lowest BCUT2D eigenvalue weighted by Crippen LogP contribution is -2.13. The van der Waals surface area contributed by atoms with Gasteiger partial charge in [0.1, 0.15) is 22.8 Å². The summed E-state index contributed by atoms with van der Waals surface area (Å²) in [5.41, 5.74) is 6.44. The number of phenolic OH excluding ortho intramolecular Hbond substituents is 2. The Morgan fingerprint density at radius 3 is 2.19 bits per heavy atom. The van der Waals surface area contributed by atoms with Gasteiger partial charge in [0.15, 0.2) is 11.5 Å². The first-order valence-electron chi connectivity index (χ1n) is 9.35. The molecule has 0 heterocycles. The maximum Gasteiger partial charge on any atom is 0.342 e. The van der Waals surface area contributed by atoms with Crippen LogP contribution in [0.1, 0.15) is 27.9 Å². The number of carbonyl (C=O) groups excluding carboxylic acids is 1. The van der Waals surface area contributed by atoms with E-state index < -0.39 is 23.4 Å². The van der Waals surface area contributed by atoms with Crippen LogP contribution in [0.5, 0.6) is 28.7 Å². The number of anilines is 1. The molecule has 2 rings (SSSR count). The second-order valence-corrected chi connectivity index (χ2v) is 6.95. The van der Waals surface area contributed by atoms with Gasteiger partial charge in [-0.25, -0.2) is 4.79 Å². The topological polar surface area (TPSA) is 158 Å². The number of hydrogen-bond donors (Lipinski definition) is 4. The molecule has 0 aliphatic rings. The highest BCUT2D eigenvalue weighted by molar-refractivity contribution is 6.33. The quantitative estimate of drug-likeness (QED) is 0.301. The average Bonchev–Trinajstić information content (AvgIpc) is 2.74. The number of halogens is 1. The summed E-state index contributed by atoms with van der Waals surface area (Å²) in [4.78, 5) is 23.6. The molecule has 0 atom stereocenters. The van der Waals surface area contributed by atoms with Gasteiger partial charge >= 0.3 is 11.9 Å². The Morgan fingerprint density at radius 2 is 1.62 bits per heavy atom. The van der Waals surface area contributed by atoms with Crippen molar-refractivity contribution in [1.29, 1.82) is 0 Å². The third-order valence-corrected chi connectivity index (χ3v) is 5.07. The van der Waals surface area contributed by atoms with Crippen LogP contribution in [-0.4, -0.2) is 55.2 Å². The van der Waals surface area contributed by atoms with Crippen LogP contribution in [-0.2, 0) is 22.4 Å². The number of ether oxygens (including phenoxy) is 4. The number of carbonyl (C=O) groups is 2. The van der Waals surface area contributed by atoms with Crippen LogP contribution in [0, 0.1) is 0 Å². The van der Waals surface area contributed by atoms with Crippen molar-refractivity contribution < 1.29 is 43.9 Å². The molecule has 0 fully saturated rings. The molecule has 0 radical (unpaired) electrons. The van der Waals surface area contributed by atoms with Crippen molar-refractivity contribution in [2.24, 2.45) is 0 Å². The Labute approximate surface area is 189 Å². The van der Waals surface area contributed by atoms with E-state index in [9.17, 15) is 19.8 Å². The second-order valence-electron chi connectivity index (χ2n) is 6.58. The van der Waals surface area contributed by atoms with E-state index in [0.717, 1.165) is 6.07 Å². The van der Waals surface area contributed by atoms with Crippen molar-refractivity contribution >= 4 is 29.2 Å². The fourth-order valence-electron chi connectivity index (χ4n) is 3.24. The summed E-state index contributed by atoms with van der Waals surface area (Å²) in [5.74, 6) is -2.10. The van der Waals surface area contributed by atoms with Crippen LogP contribution in [0.4, 0.5) is 5.69 Å². The molecule has 0 aromatic heterocycles. The first-order chi connectivity index (χ1) is 15.2. The molecule has 5 N–H and O–H groups in total. The standard InChI is InChI=1S/C21H24ClNO9/c1-29-15-8-12(23)19(30-2)11(20(15)31-3)6-7-32-21(28)17-10(4-5-16(26)27)18(22)14(25)9-13(17)24/h8-9,24-25H,4-7,23H2,1-3H3,(H,26,27). The predicted molar refractivity (Wildman–Crippen MR) is 115 cm³/mol. The number of aliphatic carboxylic acids is 1. The number of hydrogen-bond acceptors (Lipinski definition) is 9. The number of phenols is 2. The maximum absolute atomic E-state index is 12.7. The molecule has 0 spiro atoms. The van der Waals surface area contributed by atoms with Gasteiger partial charge in [0.25, 0.3) is 0 Å². The van der Waals surface area contributed by atoms with E-state index in [1.54, 1.807) is 6.07 Å². The number of methoxy groups -OCH3 is 3. The Balaban J connectivity index is 2.31. The van der Waals surface area contributed by atoms with Crippen LogP contribution in [0.15, 0.2) is 12.1 Å². The summed E-state index contributed by atoms with van der Waals surface area (Å²) < 4.78 is 21.3. The van der Waals surface area contributed by atoms with Gasteiger partial charge in [-0.1, -0.05) is 11.6 Å². The first-order valence-corrected chi connectivity index (χ1v) is 9.73. The molecule has 2 aromatic rings. The monoisotopic (exact) mass is 469 g/mol. The fraction of sp³-hybridized carbons (Fsp3) is 0.333. The summed E-state index contributed by atoms with van der Waals surface area (Å²) in [7, 11) is 4.32. The summed E-state index contributed by atoms with van der Waals surface area (Å²) in [6, 6.07) is 2.43. The molecule has 0 aliphatic heterocycles. The Kier molecular flexibility index (Phi) is 8.25. The highest BCUT2D eigenvalue weighted by atomic mass is 35.5. The minimum atomic E-state index is -1.14. The summed E-state index contributed by atoms with van der Waals surface area (Å²) in [5, 5.41) is 28.7. The van der Waals surface area contributed by atoms with Crippen LogP contribution in [0.3, 0.4) is 0 Å². The first kappa shape index (κ1) is 24.7. The summed E-state index contributed by atoms with van der Waals surface area (Å²) >= 11 is 6.04. The fourth-order valence-corrected chi connectivity index (χ4v) is 3.48. The average molecular weight is 470 g/mol. The third-order valence-electron chi connectivity index (χ3n) is 4.65. The minimum Gasteiger partial charge on any atom is -0.507 e. The lowest BCUT2D eigenvalue weighted by atomic mass is 10.0. The molecule has 0 saturated heterocycles. The molecule has 0 saturated carbocycles. The second kappa shape index (κ2) is 10.7. The normalized spacial score (nSPS) is 10.5. The molecular weight excluding hydrogens is 446 g/mol. The Morgan fingerprint density at radius 1 is 0.969 bits per heavy atom. The molecule has 0 amide bonds. The lowest BCUT2D eigenvalue weighted by Gasteiger charge is -2.18. The zero-order valence-electron chi connectivity index (χ0n) is 17.7. The van der Waals surface area contributed by atoms with E-state index in [0.29, 0.717) is 28.5 Å². The number of esters is 1. The van der Waals surface area contributed by atoms with Crippen LogP contribution in [0.2, 0.25) is 5.02 Å². The largest absolute Gasteiger partial charge is 0.507 e. The number of carboxylic acids is 1. The summed E-state index contributed by atoms with van der Waals surface area (Å²) in [6.07, 6.45) is -0.453. The number of carboxylic acid groups (broad SMARTS) is 1. The summed E-state index contributed by atoms with van der Waals surface area (Å²) in [6.45, 7) is -0.172. The molecule has 2 aromatic carbocycles. The van der Waals surface area contributed by atoms with E-state index in [-0.39, 0.29) is 42.0 Å². The van der Waals surface area contributed by atoms with Gasteiger partial charge in [-0.15, -0.1) is 0 Å². The van der Waals surface area contributed by atoms with Gasteiger partial charge in [0.05, 0.1) is 38.6 Å². The molecule has 0 unspecified atom stereocenters. The highest BCUT2D eigenvalue weighted by Gasteiger charge is 2.25. The van der Waals surface area contributed by atoms with E-state index in [4.69, 9.17) is 41.4 Å². The molecule has 10 nitrogen and oxygen atoms in total. The Bertz CT molecular complexity index is 1020. The van der Waals surface area contributed by atoms with E-state index in [2.05, 4.69) is 0 Å². The maximum atomic E-state index is 12.7. The van der Waals surface area contributed by atoms with Gasteiger partial charge in [0.2, 0.25) is 0 Å². The number of aromatic hydroxyl groups is 2. The van der Waals surface area contributed by atoms with Crippen molar-refractivity contribution in [3.63, 3.8) is 0 Å². The van der Waals surface area contributed by atoms with Crippen molar-refractivity contribution in [2.45, 2.75) is 19.3 Å². The molecule has 32 heavy (non-hydrogen) atoms. The van der Waals surface area contributed by atoms with E-state index >= 15 is 0 Å². The lowest BCUT2D eigenvalue weighted by molar-refractivity contribution is -0.136. The number of rotatable bonds is 10. The predicted octanol–water partition coefficient (Wildman–Crippen LogP) is 2.78. The van der Waals surface area contributed by atoms with Gasteiger partial charge in [-0.2, -0.15) is 0 Å². The van der Waals surface area contributed by atoms with Gasteiger partial charge in [0, 0.05) is 30.5 Å². The van der Waals surface area contributed by atoms with Crippen LogP contribution >= 0.6 is 11.6 Å². The third kappa shape index (κ3) is 5.20. The minimum absolute atomic E-state index is 0.0302. The van der Waals surface area contributed by atoms with Gasteiger partial charge in [-0.05, 0) is 12.0 Å². The van der Waals surface area contributed by atoms with Crippen molar-refractivity contribution in [2.75, 3.05) is 33.7 Å². The van der Waals surface area contributed by atoms with E-state index in [1.165, 1.54) is 21.3 Å². The van der Waals surface area contributed by atoms with Crippen LogP contribution in [0.25, 0.3) is 0 Å². The highest BCUT2D eigenvalue weighted by Crippen LogP contribution is 2.42. The zero-order chi connectivity index (χ0) is 24.0. The van der Waals surface area contributed by atoms with Crippen molar-refractivity contribution in [3.8, 4) is 28.7 Å². The van der Waals surface area contributed by atoms with Crippen molar-refractivity contribution in [1.82, 2.24) is 0 Å².